The highest BCUT2D eigenvalue weighted by molar-refractivity contribution is 7.98. The minimum Gasteiger partial charge on any atom is -0.396 e. The Labute approximate surface area is 93.7 Å². The van der Waals surface area contributed by atoms with E-state index in [-0.39, 0.29) is 6.61 Å². The van der Waals surface area contributed by atoms with Gasteiger partial charge >= 0.3 is 0 Å². The lowest BCUT2D eigenvalue weighted by molar-refractivity contribution is 0.250. The first kappa shape index (κ1) is 11.8. The smallest absolute Gasteiger partial charge is 0.0629 e. The van der Waals surface area contributed by atoms with Crippen LogP contribution in [0.25, 0.3) is 0 Å². The molecule has 0 fully saturated rings. The third-order valence-electron chi connectivity index (χ3n) is 1.83. The van der Waals surface area contributed by atoms with Gasteiger partial charge in [-0.15, -0.1) is 0 Å². The number of aliphatic hydroxyl groups excluding tert-OH is 1. The van der Waals surface area contributed by atoms with Crippen LogP contribution in [-0.4, -0.2) is 22.5 Å². The van der Waals surface area contributed by atoms with Crippen molar-refractivity contribution in [1.29, 1.82) is 0 Å². The number of aliphatic hydroxyl groups is 1. The molecule has 0 spiro atoms. The highest BCUT2D eigenvalue weighted by atomic mass is 35.5. The first-order valence-corrected chi connectivity index (χ1v) is 6.04. The number of halogens is 1. The van der Waals surface area contributed by atoms with Crippen LogP contribution in [0.2, 0.25) is 5.02 Å². The Balaban J connectivity index is 2.35. The molecule has 0 aromatic carbocycles. The summed E-state index contributed by atoms with van der Waals surface area (Å²) < 4.78 is 0. The first-order chi connectivity index (χ1) is 6.74. The maximum Gasteiger partial charge on any atom is 0.0629 e. The van der Waals surface area contributed by atoms with Gasteiger partial charge in [-0.1, -0.05) is 18.5 Å². The summed E-state index contributed by atoms with van der Waals surface area (Å²) in [5.41, 5.74) is 1.11. The predicted molar refractivity (Wildman–Crippen MR) is 61.7 cm³/mol. The van der Waals surface area contributed by atoms with E-state index < -0.39 is 0 Å². The van der Waals surface area contributed by atoms with Crippen LogP contribution < -0.4 is 0 Å². The number of thioether (sulfide) groups is 1. The molecule has 4 heteroatoms. The minimum absolute atomic E-state index is 0.247. The van der Waals surface area contributed by atoms with Crippen molar-refractivity contribution < 1.29 is 5.11 Å². The fraction of sp³-hybridized carbons (Fsp3) is 0.500. The second-order valence-corrected chi connectivity index (χ2v) is 4.71. The van der Waals surface area contributed by atoms with Gasteiger partial charge in [-0.05, 0) is 23.3 Å². The molecule has 0 aliphatic heterocycles. The van der Waals surface area contributed by atoms with E-state index in [0.29, 0.717) is 5.92 Å². The van der Waals surface area contributed by atoms with Crippen molar-refractivity contribution in [2.75, 3.05) is 12.4 Å². The quantitative estimate of drug-likeness (QED) is 0.846. The molecule has 0 radical (unpaired) electrons. The minimum atomic E-state index is 0.247. The van der Waals surface area contributed by atoms with E-state index in [0.717, 1.165) is 22.1 Å². The van der Waals surface area contributed by atoms with Crippen LogP contribution in [0, 0.1) is 5.92 Å². The number of rotatable bonds is 5. The average Bonchev–Trinajstić information content (AvgIpc) is 2.20. The van der Waals surface area contributed by atoms with E-state index in [1.165, 1.54) is 0 Å². The van der Waals surface area contributed by atoms with Gasteiger partial charge in [-0.3, -0.25) is 4.98 Å². The highest BCUT2D eigenvalue weighted by Gasteiger charge is 2.02. The number of aromatic nitrogens is 1. The Bertz CT molecular complexity index is 283. The molecule has 0 aliphatic rings. The van der Waals surface area contributed by atoms with Crippen LogP contribution in [0.15, 0.2) is 18.5 Å². The van der Waals surface area contributed by atoms with E-state index in [4.69, 9.17) is 16.7 Å². The summed E-state index contributed by atoms with van der Waals surface area (Å²) in [6, 6.07) is 1.93. The number of pyridine rings is 1. The summed E-state index contributed by atoms with van der Waals surface area (Å²) in [4.78, 5) is 3.92. The molecule has 1 unspecified atom stereocenters. The van der Waals surface area contributed by atoms with Crippen molar-refractivity contribution in [2.24, 2.45) is 5.92 Å². The van der Waals surface area contributed by atoms with Gasteiger partial charge in [0.25, 0.3) is 0 Å². The Hall–Kier alpha value is -0.250. The molecule has 2 nitrogen and oxygen atoms in total. The molecule has 1 rings (SSSR count). The SMILES string of the molecule is CC(CO)CSCc1ccncc1Cl. The zero-order valence-corrected chi connectivity index (χ0v) is 9.68. The zero-order chi connectivity index (χ0) is 10.4. The normalized spacial score (nSPS) is 12.8. The second kappa shape index (κ2) is 6.27. The van der Waals surface area contributed by atoms with E-state index in [2.05, 4.69) is 4.98 Å². The van der Waals surface area contributed by atoms with Crippen LogP contribution in [-0.2, 0) is 5.75 Å². The summed E-state index contributed by atoms with van der Waals surface area (Å²) in [6.45, 7) is 2.28. The lowest BCUT2D eigenvalue weighted by Crippen LogP contribution is -2.03. The molecule has 0 aliphatic carbocycles. The van der Waals surface area contributed by atoms with Gasteiger partial charge in [0.2, 0.25) is 0 Å². The van der Waals surface area contributed by atoms with Crippen LogP contribution in [0.1, 0.15) is 12.5 Å². The average molecular weight is 232 g/mol. The van der Waals surface area contributed by atoms with Crippen molar-refractivity contribution in [3.8, 4) is 0 Å². The lowest BCUT2D eigenvalue weighted by Gasteiger charge is -2.07. The molecule has 78 valence electrons. The first-order valence-electron chi connectivity index (χ1n) is 4.51. The Morgan fingerprint density at radius 2 is 2.43 bits per heavy atom. The molecule has 1 aromatic rings. The lowest BCUT2D eigenvalue weighted by atomic mass is 10.2. The third kappa shape index (κ3) is 3.86. The van der Waals surface area contributed by atoms with Crippen molar-refractivity contribution in [1.82, 2.24) is 4.98 Å². The van der Waals surface area contributed by atoms with Gasteiger partial charge in [0, 0.05) is 24.8 Å². The summed E-state index contributed by atoms with van der Waals surface area (Å²) in [5, 5.41) is 9.56. The molecule has 1 heterocycles. The van der Waals surface area contributed by atoms with Gasteiger partial charge in [0.05, 0.1) is 5.02 Å². The van der Waals surface area contributed by atoms with E-state index in [9.17, 15) is 0 Å². The van der Waals surface area contributed by atoms with Gasteiger partial charge in [-0.25, -0.2) is 0 Å². The maximum atomic E-state index is 8.84. The summed E-state index contributed by atoms with van der Waals surface area (Å²) >= 11 is 7.73. The highest BCUT2D eigenvalue weighted by Crippen LogP contribution is 2.20. The molecule has 0 saturated carbocycles. The van der Waals surface area contributed by atoms with E-state index in [1.54, 1.807) is 24.2 Å². The molecular formula is C10H14ClNOS. The topological polar surface area (TPSA) is 33.1 Å². The number of hydrogen-bond donors (Lipinski definition) is 1. The monoisotopic (exact) mass is 231 g/mol. The molecule has 0 saturated heterocycles. The largest absolute Gasteiger partial charge is 0.396 e. The van der Waals surface area contributed by atoms with Gasteiger partial charge < -0.3 is 5.11 Å². The van der Waals surface area contributed by atoms with Crippen LogP contribution in [0.4, 0.5) is 0 Å². The summed E-state index contributed by atoms with van der Waals surface area (Å²) in [6.07, 6.45) is 3.41. The van der Waals surface area contributed by atoms with Gasteiger partial charge in [0.1, 0.15) is 0 Å². The van der Waals surface area contributed by atoms with Crippen molar-refractivity contribution in [2.45, 2.75) is 12.7 Å². The maximum absolute atomic E-state index is 8.84. The van der Waals surface area contributed by atoms with Gasteiger partial charge in [0.15, 0.2) is 0 Å². The standard InChI is InChI=1S/C10H14ClNOS/c1-8(5-13)6-14-7-9-2-3-12-4-10(9)11/h2-4,8,13H,5-7H2,1H3. The van der Waals surface area contributed by atoms with Crippen LogP contribution >= 0.6 is 23.4 Å². The second-order valence-electron chi connectivity index (χ2n) is 3.27. The Kier molecular flexibility index (Phi) is 5.30. The molecule has 1 N–H and O–H groups in total. The van der Waals surface area contributed by atoms with E-state index in [1.807, 2.05) is 13.0 Å². The fourth-order valence-electron chi connectivity index (χ4n) is 0.944. The molecule has 0 amide bonds. The Morgan fingerprint density at radius 3 is 3.07 bits per heavy atom. The number of hydrogen-bond acceptors (Lipinski definition) is 3. The number of nitrogens with zero attached hydrogens (tertiary/aromatic N) is 1. The van der Waals surface area contributed by atoms with Gasteiger partial charge in [-0.2, -0.15) is 11.8 Å². The fourth-order valence-corrected chi connectivity index (χ4v) is 2.31. The van der Waals surface area contributed by atoms with Crippen LogP contribution in [0.5, 0.6) is 0 Å². The van der Waals surface area contributed by atoms with E-state index >= 15 is 0 Å². The van der Waals surface area contributed by atoms with Crippen molar-refractivity contribution >= 4 is 23.4 Å². The summed E-state index contributed by atoms with van der Waals surface area (Å²) in [7, 11) is 0. The molecule has 1 aromatic heterocycles. The van der Waals surface area contributed by atoms with Crippen molar-refractivity contribution in [3.63, 3.8) is 0 Å². The van der Waals surface area contributed by atoms with Crippen LogP contribution in [0.3, 0.4) is 0 Å². The molecule has 14 heavy (non-hydrogen) atoms. The molecule has 1 atom stereocenters. The molecular weight excluding hydrogens is 218 g/mol. The Morgan fingerprint density at radius 1 is 1.64 bits per heavy atom. The predicted octanol–water partition coefficient (Wildman–Crippen LogP) is 2.60. The summed E-state index contributed by atoms with van der Waals surface area (Å²) in [5.74, 6) is 2.18. The third-order valence-corrected chi connectivity index (χ3v) is 3.49. The van der Waals surface area contributed by atoms with Crippen molar-refractivity contribution in [3.05, 3.63) is 29.0 Å². The zero-order valence-electron chi connectivity index (χ0n) is 8.11. The molecule has 0 bridgehead atoms.